The van der Waals surface area contributed by atoms with E-state index in [2.05, 4.69) is 10.7 Å². The van der Waals surface area contributed by atoms with E-state index in [0.29, 0.717) is 22.7 Å². The van der Waals surface area contributed by atoms with Gasteiger partial charge in [-0.15, -0.1) is 0 Å². The zero-order valence-corrected chi connectivity index (χ0v) is 15.5. The third-order valence-electron chi connectivity index (χ3n) is 3.03. The summed E-state index contributed by atoms with van der Waals surface area (Å²) in [6, 6.07) is 3.35. The molecule has 2 heterocycles. The van der Waals surface area contributed by atoms with Crippen LogP contribution >= 0.6 is 0 Å². The lowest BCUT2D eigenvalue weighted by Gasteiger charge is -2.13. The Morgan fingerprint density at radius 1 is 1.40 bits per heavy atom. The van der Waals surface area contributed by atoms with E-state index in [1.807, 2.05) is 18.2 Å². The third kappa shape index (κ3) is 8.71. The van der Waals surface area contributed by atoms with Gasteiger partial charge in [0, 0.05) is 37.5 Å². The number of halogens is 1. The van der Waals surface area contributed by atoms with Gasteiger partial charge in [0.05, 0.1) is 11.2 Å². The molecular weight excluding hydrogens is 347 g/mol. The van der Waals surface area contributed by atoms with Crippen LogP contribution in [0, 0.1) is 0 Å². The fourth-order valence-electron chi connectivity index (χ4n) is 1.86. The molecule has 0 bridgehead atoms. The summed E-state index contributed by atoms with van der Waals surface area (Å²) in [6.07, 6.45) is 4.39. The molecular formula is C16H27FN4O3S. The molecule has 1 atom stereocenters. The first-order valence-electron chi connectivity index (χ1n) is 8.05. The molecule has 7 nitrogen and oxygen atoms in total. The summed E-state index contributed by atoms with van der Waals surface area (Å²) in [7, 11) is -1.16. The Balaban J connectivity index is 0.00000104. The number of hydrogen-bond acceptors (Lipinski definition) is 5. The molecule has 4 N–H and O–H groups in total. The van der Waals surface area contributed by atoms with Crippen molar-refractivity contribution in [3.05, 3.63) is 30.2 Å². The minimum Gasteiger partial charge on any atom is -0.473 e. The molecule has 1 aromatic heterocycles. The summed E-state index contributed by atoms with van der Waals surface area (Å²) in [5, 5.41) is 0. The predicted molar refractivity (Wildman–Crippen MR) is 96.8 cm³/mol. The Morgan fingerprint density at radius 2 is 2.00 bits per heavy atom. The van der Waals surface area contributed by atoms with Gasteiger partial charge in [0.25, 0.3) is 0 Å². The minimum atomic E-state index is -1.16. The van der Waals surface area contributed by atoms with Crippen LogP contribution in [0.5, 0.6) is 5.88 Å². The van der Waals surface area contributed by atoms with Crippen molar-refractivity contribution in [3.8, 4) is 5.88 Å². The predicted octanol–water partition coefficient (Wildman–Crippen LogP) is 1.52. The van der Waals surface area contributed by atoms with Crippen molar-refractivity contribution in [1.29, 1.82) is 0 Å². The van der Waals surface area contributed by atoms with Gasteiger partial charge in [0.15, 0.2) is 0 Å². The molecule has 1 aromatic rings. The van der Waals surface area contributed by atoms with Gasteiger partial charge in [-0.2, -0.15) is 0 Å². The third-order valence-corrected chi connectivity index (χ3v) is 4.51. The highest BCUT2D eigenvalue weighted by molar-refractivity contribution is 7.82. The first kappa shape index (κ1) is 23.2. The summed E-state index contributed by atoms with van der Waals surface area (Å²) in [6.45, 7) is 5.88. The highest BCUT2D eigenvalue weighted by atomic mass is 32.2. The van der Waals surface area contributed by atoms with Crippen molar-refractivity contribution in [3.63, 3.8) is 0 Å². The molecule has 2 rings (SSSR count). The fourth-order valence-corrected chi connectivity index (χ4v) is 3.08. The van der Waals surface area contributed by atoms with E-state index < -0.39 is 11.0 Å². The molecule has 1 fully saturated rings. The van der Waals surface area contributed by atoms with E-state index in [9.17, 15) is 8.60 Å². The second-order valence-corrected chi connectivity index (χ2v) is 6.10. The molecule has 0 aromatic carbocycles. The Morgan fingerprint density at radius 3 is 2.44 bits per heavy atom. The Bertz CT molecular complexity index is 535. The molecule has 1 aliphatic rings. The van der Waals surface area contributed by atoms with Crippen LogP contribution in [0.15, 0.2) is 35.1 Å². The van der Waals surface area contributed by atoms with E-state index >= 15 is 0 Å². The summed E-state index contributed by atoms with van der Waals surface area (Å²) < 4.78 is 31.7. The molecule has 9 heteroatoms. The van der Waals surface area contributed by atoms with Crippen molar-refractivity contribution in [1.82, 2.24) is 9.29 Å². The molecule has 1 saturated heterocycles. The molecule has 1 amide bonds. The number of hydrogen-bond donors (Lipinski definition) is 2. The van der Waals surface area contributed by atoms with Crippen molar-refractivity contribution in [2.45, 2.75) is 31.6 Å². The molecule has 0 radical (unpaired) electrons. The van der Waals surface area contributed by atoms with Crippen LogP contribution in [-0.2, 0) is 15.8 Å². The second-order valence-electron chi connectivity index (χ2n) is 4.61. The van der Waals surface area contributed by atoms with Gasteiger partial charge in [0.2, 0.25) is 12.3 Å². The second kappa shape index (κ2) is 14.5. The van der Waals surface area contributed by atoms with Gasteiger partial charge in [-0.25, -0.2) is 17.9 Å². The maximum atomic E-state index is 12.3. The van der Waals surface area contributed by atoms with Crippen LogP contribution in [0.1, 0.15) is 26.7 Å². The quantitative estimate of drug-likeness (QED) is 0.733. The number of primary amides is 1. The zero-order valence-electron chi connectivity index (χ0n) is 14.7. The van der Waals surface area contributed by atoms with Crippen LogP contribution in [-0.4, -0.2) is 46.1 Å². The summed E-state index contributed by atoms with van der Waals surface area (Å²) in [4.78, 5) is 13.3. The van der Waals surface area contributed by atoms with E-state index in [1.54, 1.807) is 12.1 Å². The van der Waals surface area contributed by atoms with Gasteiger partial charge in [0.1, 0.15) is 17.6 Å². The van der Waals surface area contributed by atoms with Gasteiger partial charge in [-0.3, -0.25) is 4.79 Å². The molecule has 0 spiro atoms. The lowest BCUT2D eigenvalue weighted by molar-refractivity contribution is -0.106. The van der Waals surface area contributed by atoms with Crippen LogP contribution < -0.4 is 16.2 Å². The van der Waals surface area contributed by atoms with Gasteiger partial charge >= 0.3 is 0 Å². The maximum absolute atomic E-state index is 12.3. The van der Waals surface area contributed by atoms with Gasteiger partial charge < -0.3 is 16.2 Å². The number of pyridine rings is 1. The van der Waals surface area contributed by atoms with Crippen LogP contribution in [0.4, 0.5) is 4.39 Å². The smallest absolute Gasteiger partial charge is 0.213 e. The van der Waals surface area contributed by atoms with E-state index in [0.717, 1.165) is 25.9 Å². The van der Waals surface area contributed by atoms with Crippen LogP contribution in [0.25, 0.3) is 0 Å². The first-order valence-corrected chi connectivity index (χ1v) is 9.16. The summed E-state index contributed by atoms with van der Waals surface area (Å²) in [5.74, 6) is 0.361. The fraction of sp³-hybridized carbons (Fsp3) is 0.500. The topological polar surface area (TPSA) is 112 Å². The number of aromatic nitrogens is 1. The number of ether oxygens (including phenoxy) is 1. The van der Waals surface area contributed by atoms with Crippen molar-refractivity contribution >= 4 is 17.4 Å². The van der Waals surface area contributed by atoms with Crippen LogP contribution in [0.2, 0.25) is 0 Å². The summed E-state index contributed by atoms with van der Waals surface area (Å²) in [5.41, 5.74) is 9.85. The average Bonchev–Trinajstić information content (AvgIpc) is 3.19. The largest absolute Gasteiger partial charge is 0.473 e. The Hall–Kier alpha value is -1.84. The molecule has 1 unspecified atom stereocenters. The summed E-state index contributed by atoms with van der Waals surface area (Å²) >= 11 is 0. The molecule has 0 saturated carbocycles. The molecule has 25 heavy (non-hydrogen) atoms. The standard InChI is InChI=1S/C13H18FN3O2S.C2H6.CH3NO/c14-7-11(8-15)10-19-13-4-3-12(9-16-13)20(18)17-5-1-2-6-17;1-2;2-1-3/h3-4,7,9H,1-2,5-6,8,10,15H2;1-2H3;1H,(H2,2,3)/b11-7-;;. The number of amides is 1. The van der Waals surface area contributed by atoms with Gasteiger partial charge in [-0.05, 0) is 18.9 Å². The molecule has 0 aliphatic carbocycles. The lowest BCUT2D eigenvalue weighted by Crippen LogP contribution is -2.22. The van der Waals surface area contributed by atoms with E-state index in [-0.39, 0.29) is 19.6 Å². The zero-order chi connectivity index (χ0) is 19.1. The first-order chi connectivity index (χ1) is 12.2. The average molecular weight is 374 g/mol. The van der Waals surface area contributed by atoms with Crippen molar-refractivity contribution in [2.75, 3.05) is 26.2 Å². The monoisotopic (exact) mass is 374 g/mol. The number of nitrogens with two attached hydrogens (primary N) is 2. The normalized spacial score (nSPS) is 15.3. The van der Waals surface area contributed by atoms with E-state index in [4.69, 9.17) is 15.3 Å². The van der Waals surface area contributed by atoms with Gasteiger partial charge in [-0.1, -0.05) is 13.8 Å². The SMILES string of the molecule is CC.NC/C(=C/F)COc1ccc(S(=O)N2CCCC2)cn1.NC=O. The molecule has 142 valence electrons. The minimum absolute atomic E-state index is 0.0640. The highest BCUT2D eigenvalue weighted by Gasteiger charge is 2.19. The number of carbonyl (C=O) groups excluding carboxylic acids is 1. The number of rotatable bonds is 6. The van der Waals surface area contributed by atoms with Crippen LogP contribution in [0.3, 0.4) is 0 Å². The lowest BCUT2D eigenvalue weighted by atomic mass is 10.3. The Kier molecular flexibility index (Phi) is 13.4. The Labute approximate surface area is 150 Å². The van der Waals surface area contributed by atoms with Crippen molar-refractivity contribution in [2.24, 2.45) is 11.5 Å². The number of carbonyl (C=O) groups is 1. The highest BCUT2D eigenvalue weighted by Crippen LogP contribution is 2.18. The molecule has 1 aliphatic heterocycles. The van der Waals surface area contributed by atoms with Crippen molar-refractivity contribution < 1.29 is 18.1 Å². The van der Waals surface area contributed by atoms with E-state index in [1.165, 1.54) is 6.20 Å². The maximum Gasteiger partial charge on any atom is 0.213 e. The number of nitrogens with zero attached hydrogens (tertiary/aromatic N) is 2.